The molecule has 3 aliphatic heterocycles. The van der Waals surface area contributed by atoms with Crippen LogP contribution in [0.1, 0.15) is 38.5 Å². The summed E-state index contributed by atoms with van der Waals surface area (Å²) in [5.41, 5.74) is 7.53. The van der Waals surface area contributed by atoms with E-state index >= 15 is 0 Å². The summed E-state index contributed by atoms with van der Waals surface area (Å²) in [7, 11) is 0. The highest BCUT2D eigenvalue weighted by Crippen LogP contribution is 2.59. The summed E-state index contributed by atoms with van der Waals surface area (Å²) in [6.07, 6.45) is 5.38. The molecule has 7 aliphatic rings. The molecule has 5 fully saturated rings. The highest BCUT2D eigenvalue weighted by Gasteiger charge is 2.53. The van der Waals surface area contributed by atoms with Gasteiger partial charge in [-0.25, -0.2) is 9.98 Å². The van der Waals surface area contributed by atoms with Crippen molar-refractivity contribution in [3.8, 4) is 0 Å². The first-order valence-electron chi connectivity index (χ1n) is 11.5. The average molecular weight is 433 g/mol. The highest BCUT2D eigenvalue weighted by atomic mass is 16.6. The van der Waals surface area contributed by atoms with Crippen LogP contribution >= 0.6 is 0 Å². The number of nitrogens with two attached hydrogens (primary N) is 1. The van der Waals surface area contributed by atoms with Gasteiger partial charge < -0.3 is 25.0 Å². The van der Waals surface area contributed by atoms with Crippen LogP contribution in [0, 0.1) is 23.2 Å². The van der Waals surface area contributed by atoms with Gasteiger partial charge in [-0.2, -0.15) is 0 Å². The molecular weight excluding hydrogens is 400 g/mol. The minimum atomic E-state index is -1.18. The Bertz CT molecular complexity index is 810. The number of aliphatic imine (C=N–C) groups is 3. The third-order valence-corrected chi connectivity index (χ3v) is 8.39. The number of hydrogen-bond donors (Lipinski definition) is 5. The van der Waals surface area contributed by atoms with Crippen molar-refractivity contribution in [3.63, 3.8) is 0 Å². The van der Waals surface area contributed by atoms with E-state index in [0.29, 0.717) is 17.0 Å². The summed E-state index contributed by atoms with van der Waals surface area (Å²) >= 11 is 0. The Kier molecular flexibility index (Phi) is 4.58. The van der Waals surface area contributed by atoms with Gasteiger partial charge in [0.2, 0.25) is 5.79 Å². The van der Waals surface area contributed by atoms with Crippen molar-refractivity contribution in [2.75, 3.05) is 19.8 Å². The molecule has 7 rings (SSSR count). The van der Waals surface area contributed by atoms with Gasteiger partial charge in [0, 0.05) is 6.54 Å². The van der Waals surface area contributed by atoms with Crippen molar-refractivity contribution >= 4 is 17.9 Å². The zero-order valence-corrected chi connectivity index (χ0v) is 17.6. The number of nitrogens with zero attached hydrogens (tertiary/aromatic N) is 4. The van der Waals surface area contributed by atoms with E-state index in [-0.39, 0.29) is 13.3 Å². The Morgan fingerprint density at radius 3 is 2.42 bits per heavy atom. The lowest BCUT2D eigenvalue weighted by molar-refractivity contribution is -0.0688. The number of hydrogen-bond acceptors (Lipinski definition) is 10. The Balaban J connectivity index is 1.18. The van der Waals surface area contributed by atoms with Crippen LogP contribution in [0.15, 0.2) is 15.0 Å². The molecule has 0 aromatic rings. The number of rotatable bonds is 5. The first-order valence-corrected chi connectivity index (χ1v) is 11.5. The summed E-state index contributed by atoms with van der Waals surface area (Å²) in [6.45, 7) is 0.629. The molecule has 0 radical (unpaired) electrons. The van der Waals surface area contributed by atoms with E-state index < -0.39 is 30.3 Å². The Morgan fingerprint density at radius 1 is 1.13 bits per heavy atom. The van der Waals surface area contributed by atoms with Gasteiger partial charge in [0.1, 0.15) is 37.0 Å². The standard InChI is InChI=1S/C21H32N6O4/c22-21(25-8-20-4-11-1-12(5-20)3-13(2-11)6-20)17-18(23-9-26-21)27(10-24-17)19-16(30)15(29)14(7-28)31-19/h9,11-16,19,25,28-30H,1-8,10,22H2/t11?,12?,13?,14-,15-,16-,19-,20?,21?/m1/s1. The van der Waals surface area contributed by atoms with Crippen LogP contribution in [-0.2, 0) is 4.74 Å². The van der Waals surface area contributed by atoms with Crippen molar-refractivity contribution < 1.29 is 20.1 Å². The van der Waals surface area contributed by atoms with Crippen LogP contribution in [0.2, 0.25) is 0 Å². The van der Waals surface area contributed by atoms with Crippen molar-refractivity contribution in [2.24, 2.45) is 43.9 Å². The van der Waals surface area contributed by atoms with Crippen molar-refractivity contribution in [3.05, 3.63) is 0 Å². The molecule has 4 bridgehead atoms. The van der Waals surface area contributed by atoms with Crippen LogP contribution in [0.5, 0.6) is 0 Å². The van der Waals surface area contributed by atoms with E-state index in [1.54, 1.807) is 4.90 Å². The van der Waals surface area contributed by atoms with Gasteiger partial charge >= 0.3 is 0 Å². The van der Waals surface area contributed by atoms with Gasteiger partial charge in [0.05, 0.1) is 6.61 Å². The Hall–Kier alpha value is -1.43. The fraction of sp³-hybridized carbons (Fsp3) is 0.857. The topological polar surface area (TPSA) is 148 Å². The number of nitrogens with one attached hydrogen (secondary N) is 1. The summed E-state index contributed by atoms with van der Waals surface area (Å²) < 4.78 is 5.68. The quantitative estimate of drug-likeness (QED) is 0.350. The highest BCUT2D eigenvalue weighted by molar-refractivity contribution is 6.47. The Morgan fingerprint density at radius 2 is 1.81 bits per heavy atom. The molecule has 10 heteroatoms. The molecular formula is C21H32N6O4. The molecule has 0 amide bonds. The third-order valence-electron chi connectivity index (χ3n) is 8.39. The molecule has 31 heavy (non-hydrogen) atoms. The lowest BCUT2D eigenvalue weighted by Gasteiger charge is -2.57. The first-order chi connectivity index (χ1) is 14.9. The molecule has 10 nitrogen and oxygen atoms in total. The monoisotopic (exact) mass is 432 g/mol. The molecule has 3 heterocycles. The van der Waals surface area contributed by atoms with E-state index in [1.807, 2.05) is 0 Å². The molecule has 5 atom stereocenters. The fourth-order valence-electron chi connectivity index (χ4n) is 7.38. The normalized spacial score (nSPS) is 50.1. The average Bonchev–Trinajstić information content (AvgIpc) is 3.28. The van der Waals surface area contributed by atoms with Gasteiger partial charge in [0.25, 0.3) is 0 Å². The number of ether oxygens (including phenoxy) is 1. The smallest absolute Gasteiger partial charge is 0.211 e. The molecule has 0 aromatic heterocycles. The third kappa shape index (κ3) is 3.11. The summed E-state index contributed by atoms with van der Waals surface area (Å²) in [4.78, 5) is 15.1. The zero-order valence-electron chi connectivity index (χ0n) is 17.6. The van der Waals surface area contributed by atoms with Crippen LogP contribution in [0.4, 0.5) is 0 Å². The summed E-state index contributed by atoms with van der Waals surface area (Å²) in [6, 6.07) is 0. The van der Waals surface area contributed by atoms with E-state index in [9.17, 15) is 15.3 Å². The molecule has 0 aromatic carbocycles. The second-order valence-electron chi connectivity index (χ2n) is 10.6. The molecule has 1 saturated heterocycles. The molecule has 4 saturated carbocycles. The predicted molar refractivity (Wildman–Crippen MR) is 113 cm³/mol. The summed E-state index contributed by atoms with van der Waals surface area (Å²) in [5.74, 6) is 1.90. The molecule has 1 unspecified atom stereocenters. The number of amidine groups is 1. The lowest BCUT2D eigenvalue weighted by Crippen LogP contribution is -2.65. The van der Waals surface area contributed by atoms with Gasteiger partial charge in [0.15, 0.2) is 12.1 Å². The fourth-order valence-corrected chi connectivity index (χ4v) is 7.38. The second-order valence-corrected chi connectivity index (χ2v) is 10.6. The number of aliphatic hydroxyl groups excluding tert-OH is 3. The van der Waals surface area contributed by atoms with Gasteiger partial charge in [-0.05, 0) is 61.7 Å². The first kappa shape index (κ1) is 20.2. The molecule has 0 spiro atoms. The van der Waals surface area contributed by atoms with Crippen LogP contribution < -0.4 is 11.1 Å². The molecule has 4 aliphatic carbocycles. The lowest BCUT2D eigenvalue weighted by atomic mass is 9.49. The van der Waals surface area contributed by atoms with Crippen molar-refractivity contribution in [1.82, 2.24) is 10.2 Å². The van der Waals surface area contributed by atoms with Crippen LogP contribution in [0.3, 0.4) is 0 Å². The molecule has 6 N–H and O–H groups in total. The minimum absolute atomic E-state index is 0.197. The maximum absolute atomic E-state index is 10.4. The van der Waals surface area contributed by atoms with Crippen molar-refractivity contribution in [1.29, 1.82) is 0 Å². The Labute approximate surface area is 181 Å². The largest absolute Gasteiger partial charge is 0.394 e. The van der Waals surface area contributed by atoms with Gasteiger partial charge in [-0.3, -0.25) is 16.0 Å². The zero-order chi connectivity index (χ0) is 21.4. The van der Waals surface area contributed by atoms with Crippen LogP contribution in [0.25, 0.3) is 0 Å². The van der Waals surface area contributed by atoms with Gasteiger partial charge in [-0.15, -0.1) is 0 Å². The van der Waals surface area contributed by atoms with E-state index in [0.717, 1.165) is 24.3 Å². The maximum atomic E-state index is 10.4. The second kappa shape index (κ2) is 7.03. The molecule has 170 valence electrons. The van der Waals surface area contributed by atoms with E-state index in [1.165, 1.54) is 44.9 Å². The van der Waals surface area contributed by atoms with E-state index in [2.05, 4.69) is 20.3 Å². The van der Waals surface area contributed by atoms with Crippen molar-refractivity contribution in [2.45, 2.75) is 68.9 Å². The van der Waals surface area contributed by atoms with Crippen LogP contribution in [-0.4, -0.2) is 88.3 Å². The summed E-state index contributed by atoms with van der Waals surface area (Å²) in [5, 5.41) is 33.5. The predicted octanol–water partition coefficient (Wildman–Crippen LogP) is -1.00. The SMILES string of the molecule is NC1(NCC23CC4CC(CC(C4)C2)C3)N=CN=C2C1=NCN2[C@@H]1O[C@H](CO)[C@@H](O)[C@H]1O. The number of fused-ring (bicyclic) bond motifs is 1. The van der Waals surface area contributed by atoms with E-state index in [4.69, 9.17) is 10.5 Å². The number of aliphatic hydroxyl groups is 3. The minimum Gasteiger partial charge on any atom is -0.394 e. The maximum Gasteiger partial charge on any atom is 0.211 e. The van der Waals surface area contributed by atoms with Gasteiger partial charge in [-0.1, -0.05) is 0 Å².